The van der Waals surface area contributed by atoms with Crippen molar-refractivity contribution in [1.82, 2.24) is 0 Å². The van der Waals surface area contributed by atoms with E-state index in [4.69, 9.17) is 4.43 Å². The molecule has 2 rings (SSSR count). The number of aliphatic hydroxyl groups excluding tert-OH is 1. The third kappa shape index (κ3) is 2.85. The largest absolute Gasteiger partial charge is 0.416 e. The molecule has 0 aromatic carbocycles. The predicted octanol–water partition coefficient (Wildman–Crippen LogP) is 3.93. The van der Waals surface area contributed by atoms with Gasteiger partial charge in [-0.1, -0.05) is 40.7 Å². The van der Waals surface area contributed by atoms with Crippen LogP contribution in [0.25, 0.3) is 0 Å². The van der Waals surface area contributed by atoms with Crippen LogP contribution in [0.4, 0.5) is 0 Å². The minimum Gasteiger partial charge on any atom is -0.416 e. The van der Waals surface area contributed by atoms with E-state index in [-0.39, 0.29) is 33.7 Å². The van der Waals surface area contributed by atoms with E-state index >= 15 is 0 Å². The van der Waals surface area contributed by atoms with E-state index in [1.165, 1.54) is 0 Å². The fourth-order valence-electron chi connectivity index (χ4n) is 3.66. The van der Waals surface area contributed by atoms with Crippen LogP contribution >= 0.6 is 0 Å². The number of allylic oxidation sites excluding steroid dienone is 1. The van der Waals surface area contributed by atoms with E-state index in [0.29, 0.717) is 19.4 Å². The summed E-state index contributed by atoms with van der Waals surface area (Å²) in [4.78, 5) is 11.9. The number of hydrogen-bond acceptors (Lipinski definition) is 3. The van der Waals surface area contributed by atoms with E-state index in [2.05, 4.69) is 47.7 Å². The van der Waals surface area contributed by atoms with Crippen molar-refractivity contribution < 1.29 is 14.3 Å². The molecule has 2 aliphatic carbocycles. The second-order valence-corrected chi connectivity index (χ2v) is 14.2. The summed E-state index contributed by atoms with van der Waals surface area (Å²) < 4.78 is 6.48. The highest BCUT2D eigenvalue weighted by Crippen LogP contribution is 2.58. The average molecular weight is 325 g/mol. The van der Waals surface area contributed by atoms with Gasteiger partial charge in [0.2, 0.25) is 0 Å². The molecule has 0 amide bonds. The van der Waals surface area contributed by atoms with Gasteiger partial charge in [-0.05, 0) is 42.0 Å². The number of fused-ring (bicyclic) bond motifs is 1. The number of hydrogen-bond donors (Lipinski definition) is 1. The van der Waals surface area contributed by atoms with E-state index in [0.717, 1.165) is 0 Å². The summed E-state index contributed by atoms with van der Waals surface area (Å²) in [7, 11) is -1.84. The summed E-state index contributed by atoms with van der Waals surface area (Å²) in [5.74, 6) is 0.340. The molecular formula is C18H32O3Si. The van der Waals surface area contributed by atoms with Gasteiger partial charge in [0.25, 0.3) is 0 Å². The number of carbonyl (C=O) groups is 1. The van der Waals surface area contributed by atoms with Crippen molar-refractivity contribution in [2.24, 2.45) is 16.7 Å². The van der Waals surface area contributed by atoms with E-state index in [1.807, 2.05) is 6.08 Å². The molecule has 0 unspecified atom stereocenters. The molecule has 0 aromatic rings. The fourth-order valence-corrected chi connectivity index (χ4v) is 4.72. The highest BCUT2D eigenvalue weighted by atomic mass is 28.4. The topological polar surface area (TPSA) is 46.5 Å². The first kappa shape index (κ1) is 17.9. The Labute approximate surface area is 136 Å². The van der Waals surface area contributed by atoms with Gasteiger partial charge >= 0.3 is 0 Å². The highest BCUT2D eigenvalue weighted by molar-refractivity contribution is 6.74. The first-order valence-corrected chi connectivity index (χ1v) is 11.3. The molecule has 22 heavy (non-hydrogen) atoms. The number of aliphatic hydroxyl groups is 1. The molecule has 0 heterocycles. The molecule has 1 N–H and O–H groups in total. The summed E-state index contributed by atoms with van der Waals surface area (Å²) in [5.41, 5.74) is -0.427. The van der Waals surface area contributed by atoms with Crippen molar-refractivity contribution in [1.29, 1.82) is 0 Å². The SMILES string of the molecule is CC1(C)[C@H]2CC(=O)C=C[C@@]2(CO[Si](C)(C)C(C)(C)C)C[C@@H]1O. The Morgan fingerprint density at radius 1 is 1.36 bits per heavy atom. The van der Waals surface area contributed by atoms with Crippen molar-refractivity contribution in [3.63, 3.8) is 0 Å². The molecule has 3 atom stereocenters. The molecule has 1 saturated carbocycles. The van der Waals surface area contributed by atoms with Crippen molar-refractivity contribution >= 4 is 14.1 Å². The van der Waals surface area contributed by atoms with Gasteiger partial charge in [-0.2, -0.15) is 0 Å². The first-order chi connectivity index (χ1) is 9.82. The van der Waals surface area contributed by atoms with Crippen LogP contribution in [0.3, 0.4) is 0 Å². The Hall–Kier alpha value is -0.453. The minimum absolute atomic E-state index is 0.164. The molecule has 1 fully saturated rings. The van der Waals surface area contributed by atoms with Gasteiger partial charge in [0.15, 0.2) is 14.1 Å². The van der Waals surface area contributed by atoms with Gasteiger partial charge in [-0.15, -0.1) is 0 Å². The van der Waals surface area contributed by atoms with Crippen LogP contribution in [0.2, 0.25) is 18.1 Å². The summed E-state index contributed by atoms with van der Waals surface area (Å²) >= 11 is 0. The molecule has 0 aliphatic heterocycles. The molecule has 0 spiro atoms. The lowest BCUT2D eigenvalue weighted by Crippen LogP contribution is -2.46. The second-order valence-electron chi connectivity index (χ2n) is 9.38. The Balaban J connectivity index is 2.27. The second kappa shape index (κ2) is 5.28. The summed E-state index contributed by atoms with van der Waals surface area (Å²) in [5, 5.41) is 10.7. The van der Waals surface area contributed by atoms with Crippen molar-refractivity contribution in [2.75, 3.05) is 6.61 Å². The maximum atomic E-state index is 11.9. The number of ketones is 1. The van der Waals surface area contributed by atoms with Crippen molar-refractivity contribution in [3.05, 3.63) is 12.2 Å². The Morgan fingerprint density at radius 2 is 1.95 bits per heavy atom. The average Bonchev–Trinajstić information content (AvgIpc) is 2.56. The number of rotatable bonds is 3. The van der Waals surface area contributed by atoms with E-state index in [9.17, 15) is 9.90 Å². The number of carbonyl (C=O) groups excluding carboxylic acids is 1. The molecule has 3 nitrogen and oxygen atoms in total. The third-order valence-corrected chi connectivity index (χ3v) is 11.0. The summed E-state index contributed by atoms with van der Waals surface area (Å²) in [6.45, 7) is 16.0. The zero-order valence-corrected chi connectivity index (χ0v) is 16.2. The van der Waals surface area contributed by atoms with Crippen LogP contribution in [0, 0.1) is 16.7 Å². The molecule has 2 aliphatic rings. The predicted molar refractivity (Wildman–Crippen MR) is 92.2 cm³/mol. The van der Waals surface area contributed by atoms with E-state index < -0.39 is 8.32 Å². The van der Waals surface area contributed by atoms with Crippen LogP contribution in [0.1, 0.15) is 47.5 Å². The molecule has 0 saturated heterocycles. The van der Waals surface area contributed by atoms with Crippen LogP contribution in [-0.4, -0.2) is 31.9 Å². The van der Waals surface area contributed by atoms with Crippen molar-refractivity contribution in [2.45, 2.75) is 71.7 Å². The Morgan fingerprint density at radius 3 is 2.50 bits per heavy atom. The van der Waals surface area contributed by atoms with Gasteiger partial charge in [-0.25, -0.2) is 0 Å². The van der Waals surface area contributed by atoms with Gasteiger partial charge in [0.05, 0.1) is 6.10 Å². The Kier molecular flexibility index (Phi) is 4.30. The van der Waals surface area contributed by atoms with Gasteiger partial charge in [0.1, 0.15) is 0 Å². The van der Waals surface area contributed by atoms with E-state index in [1.54, 1.807) is 6.08 Å². The summed E-state index contributed by atoms with van der Waals surface area (Å²) in [6, 6.07) is 0. The van der Waals surface area contributed by atoms with Gasteiger partial charge in [0, 0.05) is 18.4 Å². The molecule has 0 bridgehead atoms. The normalized spacial score (nSPS) is 34.8. The monoisotopic (exact) mass is 324 g/mol. The van der Waals surface area contributed by atoms with Gasteiger partial charge < -0.3 is 9.53 Å². The Bertz CT molecular complexity index is 487. The molecular weight excluding hydrogens is 292 g/mol. The van der Waals surface area contributed by atoms with Crippen molar-refractivity contribution in [3.8, 4) is 0 Å². The maximum absolute atomic E-state index is 11.9. The highest BCUT2D eigenvalue weighted by Gasteiger charge is 2.58. The van der Waals surface area contributed by atoms with Crippen LogP contribution in [-0.2, 0) is 9.22 Å². The van der Waals surface area contributed by atoms with Crippen LogP contribution in [0.15, 0.2) is 12.2 Å². The third-order valence-electron chi connectivity index (χ3n) is 6.54. The smallest absolute Gasteiger partial charge is 0.192 e. The summed E-state index contributed by atoms with van der Waals surface area (Å²) in [6.07, 6.45) is 4.59. The molecule has 126 valence electrons. The molecule has 4 heteroatoms. The lowest BCUT2D eigenvalue weighted by atomic mass is 9.66. The lowest BCUT2D eigenvalue weighted by Gasteiger charge is -2.44. The lowest BCUT2D eigenvalue weighted by molar-refractivity contribution is -0.118. The van der Waals surface area contributed by atoms with Crippen LogP contribution in [0.5, 0.6) is 0 Å². The zero-order chi connectivity index (χ0) is 17.0. The zero-order valence-electron chi connectivity index (χ0n) is 15.2. The fraction of sp³-hybridized carbons (Fsp3) is 0.833. The minimum atomic E-state index is -1.84. The maximum Gasteiger partial charge on any atom is 0.192 e. The van der Waals surface area contributed by atoms with Crippen LogP contribution < -0.4 is 0 Å². The first-order valence-electron chi connectivity index (χ1n) is 8.36. The quantitative estimate of drug-likeness (QED) is 0.800. The molecule has 0 radical (unpaired) electrons. The standard InChI is InChI=1S/C18H32O3Si/c1-16(2,3)22(6,7)21-12-18-9-8-13(19)10-14(18)17(4,5)15(20)11-18/h8-9,14-15,20H,10-12H2,1-7H3/t14-,15+,18+/m1/s1. The van der Waals surface area contributed by atoms with Gasteiger partial charge in [-0.3, -0.25) is 4.79 Å². The molecule has 0 aromatic heterocycles.